The Morgan fingerprint density at radius 1 is 0.639 bits per heavy atom. The molecule has 5 heteroatoms. The molecule has 0 bridgehead atoms. The van der Waals surface area contributed by atoms with E-state index in [2.05, 4.69) is 24.3 Å². The van der Waals surface area contributed by atoms with Gasteiger partial charge in [0, 0.05) is 35.0 Å². The van der Waals surface area contributed by atoms with E-state index in [1.54, 1.807) is 14.2 Å². The molecule has 36 heavy (non-hydrogen) atoms. The highest BCUT2D eigenvalue weighted by molar-refractivity contribution is 5.70. The Morgan fingerprint density at radius 2 is 1.28 bits per heavy atom. The van der Waals surface area contributed by atoms with Crippen molar-refractivity contribution < 1.29 is 14.2 Å². The Labute approximate surface area is 210 Å². The first kappa shape index (κ1) is 21.9. The molecule has 3 aromatic carbocycles. The van der Waals surface area contributed by atoms with Crippen LogP contribution in [0.4, 0.5) is 0 Å². The zero-order valence-electron chi connectivity index (χ0n) is 20.0. The maximum atomic E-state index is 6.46. The molecule has 1 aliphatic rings. The summed E-state index contributed by atoms with van der Waals surface area (Å²) in [5, 5.41) is 0. The van der Waals surface area contributed by atoms with Crippen LogP contribution in [-0.2, 0) is 5.41 Å². The fourth-order valence-corrected chi connectivity index (χ4v) is 4.99. The molecule has 0 saturated carbocycles. The van der Waals surface area contributed by atoms with E-state index in [-0.39, 0.29) is 0 Å². The molecule has 5 aromatic rings. The minimum Gasteiger partial charge on any atom is -0.497 e. The van der Waals surface area contributed by atoms with Gasteiger partial charge in [-0.1, -0.05) is 42.5 Å². The average molecular weight is 473 g/mol. The molecule has 0 fully saturated rings. The molecule has 2 aromatic heterocycles. The summed E-state index contributed by atoms with van der Waals surface area (Å²) in [7, 11) is 3.30. The van der Waals surface area contributed by atoms with Crippen LogP contribution < -0.4 is 14.2 Å². The largest absolute Gasteiger partial charge is 0.497 e. The molecule has 6 rings (SSSR count). The lowest BCUT2D eigenvalue weighted by atomic mass is 9.67. The van der Waals surface area contributed by atoms with Gasteiger partial charge in [0.15, 0.2) is 0 Å². The lowest BCUT2D eigenvalue weighted by Gasteiger charge is -2.40. The van der Waals surface area contributed by atoms with Crippen molar-refractivity contribution in [3.8, 4) is 34.3 Å². The molecule has 5 nitrogen and oxygen atoms in total. The van der Waals surface area contributed by atoms with Gasteiger partial charge in [0.05, 0.1) is 31.3 Å². The van der Waals surface area contributed by atoms with Crippen molar-refractivity contribution in [1.29, 1.82) is 0 Å². The van der Waals surface area contributed by atoms with Gasteiger partial charge in [-0.2, -0.15) is 0 Å². The number of aromatic nitrogens is 2. The topological polar surface area (TPSA) is 53.5 Å². The molecule has 0 atom stereocenters. The number of pyridine rings is 2. The molecule has 176 valence electrons. The van der Waals surface area contributed by atoms with Crippen LogP contribution in [0.3, 0.4) is 0 Å². The fourth-order valence-electron chi connectivity index (χ4n) is 4.99. The summed E-state index contributed by atoms with van der Waals surface area (Å²) < 4.78 is 17.5. The Balaban J connectivity index is 1.72. The number of methoxy groups -OCH3 is 2. The highest BCUT2D eigenvalue weighted by Gasteiger charge is 2.48. The van der Waals surface area contributed by atoms with Crippen molar-refractivity contribution >= 4 is 0 Å². The van der Waals surface area contributed by atoms with Crippen molar-refractivity contribution in [3.05, 3.63) is 132 Å². The van der Waals surface area contributed by atoms with Crippen molar-refractivity contribution in [2.75, 3.05) is 14.2 Å². The Bertz CT molecular complexity index is 1480. The first-order valence-corrected chi connectivity index (χ1v) is 11.7. The van der Waals surface area contributed by atoms with Crippen LogP contribution in [-0.4, -0.2) is 24.2 Å². The number of nitrogens with zero attached hydrogens (tertiary/aromatic N) is 2. The SMILES string of the molecule is COc1ccc2c(c1)Oc1cc(OC)ccc1C2(c1ccccn1)c1cccc(-c2ccccc2)n1. The molecule has 1 aliphatic heterocycles. The third kappa shape index (κ3) is 3.40. The highest BCUT2D eigenvalue weighted by Crippen LogP contribution is 2.55. The van der Waals surface area contributed by atoms with Gasteiger partial charge in [0.2, 0.25) is 0 Å². The third-order valence-electron chi connectivity index (χ3n) is 6.66. The summed E-state index contributed by atoms with van der Waals surface area (Å²) in [5.74, 6) is 2.79. The highest BCUT2D eigenvalue weighted by atomic mass is 16.5. The van der Waals surface area contributed by atoms with Gasteiger partial charge in [-0.3, -0.25) is 9.97 Å². The van der Waals surface area contributed by atoms with Crippen LogP contribution in [0.25, 0.3) is 11.3 Å². The molecule has 0 spiro atoms. The number of benzene rings is 3. The van der Waals surface area contributed by atoms with Crippen LogP contribution >= 0.6 is 0 Å². The monoisotopic (exact) mass is 472 g/mol. The molecule has 0 N–H and O–H groups in total. The number of hydrogen-bond donors (Lipinski definition) is 0. The van der Waals surface area contributed by atoms with Gasteiger partial charge in [0.1, 0.15) is 28.4 Å². The normalized spacial score (nSPS) is 13.2. The predicted molar refractivity (Wildman–Crippen MR) is 139 cm³/mol. The second-order valence-electron chi connectivity index (χ2n) is 8.57. The van der Waals surface area contributed by atoms with Crippen molar-refractivity contribution in [3.63, 3.8) is 0 Å². The molecule has 0 unspecified atom stereocenters. The first-order valence-electron chi connectivity index (χ1n) is 11.7. The molecule has 3 heterocycles. The van der Waals surface area contributed by atoms with Crippen LogP contribution in [0.5, 0.6) is 23.0 Å². The summed E-state index contributed by atoms with van der Waals surface area (Å²) in [6.07, 6.45) is 1.82. The Kier molecular flexibility index (Phi) is 5.38. The van der Waals surface area contributed by atoms with E-state index in [1.807, 2.05) is 85.1 Å². The van der Waals surface area contributed by atoms with Gasteiger partial charge < -0.3 is 14.2 Å². The molecule has 0 saturated heterocycles. The van der Waals surface area contributed by atoms with E-state index in [0.29, 0.717) is 23.0 Å². The van der Waals surface area contributed by atoms with Crippen LogP contribution in [0.15, 0.2) is 109 Å². The lowest BCUT2D eigenvalue weighted by molar-refractivity contribution is 0.390. The third-order valence-corrected chi connectivity index (χ3v) is 6.66. The lowest BCUT2D eigenvalue weighted by Crippen LogP contribution is -2.36. The quantitative estimate of drug-likeness (QED) is 0.281. The summed E-state index contributed by atoms with van der Waals surface area (Å²) in [4.78, 5) is 10.1. The van der Waals surface area contributed by atoms with Gasteiger partial charge in [-0.05, 0) is 48.5 Å². The van der Waals surface area contributed by atoms with Gasteiger partial charge in [-0.25, -0.2) is 0 Å². The van der Waals surface area contributed by atoms with Gasteiger partial charge in [0.25, 0.3) is 0 Å². The van der Waals surface area contributed by atoms with E-state index in [4.69, 9.17) is 24.2 Å². The van der Waals surface area contributed by atoms with E-state index in [0.717, 1.165) is 33.8 Å². The number of fused-ring (bicyclic) bond motifs is 2. The fraction of sp³-hybridized carbons (Fsp3) is 0.0968. The zero-order chi connectivity index (χ0) is 24.5. The van der Waals surface area contributed by atoms with Crippen molar-refractivity contribution in [2.45, 2.75) is 5.41 Å². The summed E-state index contributed by atoms with van der Waals surface area (Å²) in [5.41, 5.74) is 4.70. The minimum absolute atomic E-state index is 0.688. The number of hydrogen-bond acceptors (Lipinski definition) is 5. The molecule has 0 amide bonds. The van der Waals surface area contributed by atoms with Crippen LogP contribution in [0, 0.1) is 0 Å². The summed E-state index contributed by atoms with van der Waals surface area (Å²) in [6.45, 7) is 0. The van der Waals surface area contributed by atoms with Crippen LogP contribution in [0.1, 0.15) is 22.5 Å². The second-order valence-corrected chi connectivity index (χ2v) is 8.57. The van der Waals surface area contributed by atoms with Crippen molar-refractivity contribution in [2.24, 2.45) is 0 Å². The molecular weight excluding hydrogens is 448 g/mol. The Morgan fingerprint density at radius 3 is 1.89 bits per heavy atom. The summed E-state index contributed by atoms with van der Waals surface area (Å²) >= 11 is 0. The molecular formula is C31H24N2O3. The predicted octanol–water partition coefficient (Wildman–Crippen LogP) is 6.65. The van der Waals surface area contributed by atoms with Gasteiger partial charge >= 0.3 is 0 Å². The molecule has 0 radical (unpaired) electrons. The van der Waals surface area contributed by atoms with E-state index >= 15 is 0 Å². The van der Waals surface area contributed by atoms with Crippen LogP contribution in [0.2, 0.25) is 0 Å². The van der Waals surface area contributed by atoms with E-state index in [9.17, 15) is 0 Å². The maximum absolute atomic E-state index is 6.46. The summed E-state index contributed by atoms with van der Waals surface area (Å²) in [6, 6.07) is 34.2. The standard InChI is InChI=1S/C31H24N2O3/c1-34-22-14-16-24-27(19-22)36-28-20-23(35-2)15-17-25(28)31(24,29-12-6-7-18-32-29)30-13-8-11-26(33-30)21-9-4-3-5-10-21/h3-20H,1-2H3. The maximum Gasteiger partial charge on any atom is 0.136 e. The average Bonchev–Trinajstić information content (AvgIpc) is 2.96. The number of ether oxygens (including phenoxy) is 3. The van der Waals surface area contributed by atoms with E-state index < -0.39 is 5.41 Å². The molecule has 0 aliphatic carbocycles. The Hall–Kier alpha value is -4.64. The van der Waals surface area contributed by atoms with E-state index in [1.165, 1.54) is 0 Å². The minimum atomic E-state index is -0.826. The van der Waals surface area contributed by atoms with Crippen molar-refractivity contribution in [1.82, 2.24) is 9.97 Å². The van der Waals surface area contributed by atoms with Gasteiger partial charge in [-0.15, -0.1) is 0 Å². The first-order chi connectivity index (χ1) is 17.7. The smallest absolute Gasteiger partial charge is 0.136 e. The zero-order valence-corrected chi connectivity index (χ0v) is 20.0. The second kappa shape index (κ2) is 8.86. The number of rotatable bonds is 5.